The predicted molar refractivity (Wildman–Crippen MR) is 374 cm³/mol. The Bertz CT molecular complexity index is 2140. The van der Waals surface area contributed by atoms with Crippen molar-refractivity contribution in [1.29, 1.82) is 0 Å². The van der Waals surface area contributed by atoms with Crippen LogP contribution in [0.1, 0.15) is 297 Å². The quantitative estimate of drug-likeness (QED) is 0.00673. The van der Waals surface area contributed by atoms with Gasteiger partial charge in [-0.15, -0.1) is 0 Å². The summed E-state index contributed by atoms with van der Waals surface area (Å²) in [5.41, 5.74) is 0. The van der Waals surface area contributed by atoms with Gasteiger partial charge < -0.3 is 89.1 Å². The van der Waals surface area contributed by atoms with E-state index in [9.17, 15) is 74.9 Å². The van der Waals surface area contributed by atoms with E-state index in [-0.39, 0.29) is 12.8 Å². The van der Waals surface area contributed by atoms with Crippen LogP contribution in [0.2, 0.25) is 0 Å². The smallest absolute Gasteiger partial charge is 0.463 e. The van der Waals surface area contributed by atoms with E-state index >= 15 is 0 Å². The molecule has 0 radical (unpaired) electrons. The maximum absolute atomic E-state index is 14.3. The lowest BCUT2D eigenvalue weighted by Crippen LogP contribution is -2.69. The van der Waals surface area contributed by atoms with Gasteiger partial charge in [0.2, 0.25) is 0 Å². The number of aliphatic hydroxyl groups is 10. The monoisotopic (exact) mass is 1440 g/mol. The molecule has 0 aromatic rings. The van der Waals surface area contributed by atoms with Crippen LogP contribution in [0.5, 0.6) is 0 Å². The third-order valence-corrected chi connectivity index (χ3v) is 20.1. The predicted octanol–water partition coefficient (Wildman–Crippen LogP) is 10.9. The van der Waals surface area contributed by atoms with Gasteiger partial charge in [-0.05, 0) is 25.7 Å². The molecule has 24 nitrogen and oxygen atoms in total. The Kier molecular flexibility index (Phi) is 51.2. The number of ether oxygens (including phenoxy) is 7. The third-order valence-electron chi connectivity index (χ3n) is 19.1. The van der Waals surface area contributed by atoms with Gasteiger partial charge in [0.25, 0.3) is 0 Å². The van der Waals surface area contributed by atoms with E-state index < -0.39 is 156 Å². The molecule has 1 aliphatic carbocycles. The number of esters is 3. The Morgan fingerprint density at radius 1 is 0.414 bits per heavy atom. The maximum Gasteiger partial charge on any atom is 0.472 e. The highest BCUT2D eigenvalue weighted by atomic mass is 31.2. The molecule has 0 aromatic heterocycles. The second-order valence-corrected chi connectivity index (χ2v) is 29.2. The van der Waals surface area contributed by atoms with Crippen molar-refractivity contribution in [3.8, 4) is 0 Å². The number of allylic oxidation sites excluding steroid dienone is 3. The zero-order valence-electron chi connectivity index (χ0n) is 60.5. The lowest BCUT2D eigenvalue weighted by atomic mass is 9.84. The Morgan fingerprint density at radius 2 is 0.778 bits per heavy atom. The summed E-state index contributed by atoms with van der Waals surface area (Å²) >= 11 is 0. The highest BCUT2D eigenvalue weighted by molar-refractivity contribution is 7.47. The molecule has 0 bridgehead atoms. The fourth-order valence-corrected chi connectivity index (χ4v) is 13.8. The Hall–Kier alpha value is -2.56. The van der Waals surface area contributed by atoms with Gasteiger partial charge >= 0.3 is 25.7 Å². The van der Waals surface area contributed by atoms with Crippen molar-refractivity contribution < 1.29 is 117 Å². The van der Waals surface area contributed by atoms with Crippen LogP contribution in [0, 0.1) is 0 Å². The zero-order chi connectivity index (χ0) is 72.5. The van der Waals surface area contributed by atoms with Crippen LogP contribution in [0.3, 0.4) is 0 Å². The summed E-state index contributed by atoms with van der Waals surface area (Å²) in [6.45, 7) is 3.35. The molecule has 3 fully saturated rings. The number of aliphatic hydroxyl groups excluding tert-OH is 10. The van der Waals surface area contributed by atoms with E-state index in [0.717, 1.165) is 96.0 Å². The van der Waals surface area contributed by atoms with Crippen LogP contribution in [0.4, 0.5) is 0 Å². The number of carbonyl (C=O) groups is 3. The zero-order valence-corrected chi connectivity index (χ0v) is 61.4. The first-order valence-electron chi connectivity index (χ1n) is 38.7. The summed E-state index contributed by atoms with van der Waals surface area (Å²) in [5.74, 6) is -2.24. The van der Waals surface area contributed by atoms with Gasteiger partial charge in [0.05, 0.1) is 13.2 Å². The van der Waals surface area contributed by atoms with Gasteiger partial charge in [-0.1, -0.05) is 277 Å². The van der Waals surface area contributed by atoms with Crippen molar-refractivity contribution >= 4 is 25.7 Å². The minimum absolute atomic E-state index is 0.0290. The highest BCUT2D eigenvalue weighted by Gasteiger charge is 2.58. The average Bonchev–Trinajstić information content (AvgIpc) is 0.763. The number of phosphoric ester groups is 1. The average molecular weight is 1440 g/mol. The van der Waals surface area contributed by atoms with Gasteiger partial charge in [-0.3, -0.25) is 18.6 Å². The van der Waals surface area contributed by atoms with Crippen LogP contribution in [0.15, 0.2) is 24.3 Å². The fourth-order valence-electron chi connectivity index (χ4n) is 12.8. The van der Waals surface area contributed by atoms with Crippen LogP contribution < -0.4 is 0 Å². The van der Waals surface area contributed by atoms with E-state index in [1.54, 1.807) is 6.08 Å². The molecule has 0 aromatic carbocycles. The van der Waals surface area contributed by atoms with Crippen molar-refractivity contribution in [2.75, 3.05) is 26.4 Å². The van der Waals surface area contributed by atoms with Gasteiger partial charge in [-0.25, -0.2) is 9.36 Å². The van der Waals surface area contributed by atoms with Crippen LogP contribution in [-0.4, -0.2) is 204 Å². The van der Waals surface area contributed by atoms with Crippen LogP contribution in [-0.2, 0) is 61.2 Å². The molecular formula is C74H135O24P. The van der Waals surface area contributed by atoms with Crippen LogP contribution in [0.25, 0.3) is 0 Å². The summed E-state index contributed by atoms with van der Waals surface area (Å²) in [5, 5.41) is 110. The number of carbonyl (C=O) groups excluding carboxylic acids is 3. The summed E-state index contributed by atoms with van der Waals surface area (Å²) < 4.78 is 64.9. The number of unbranched alkanes of at least 4 members (excludes halogenated alkanes) is 38. The van der Waals surface area contributed by atoms with Crippen molar-refractivity contribution in [3.05, 3.63) is 24.3 Å². The minimum Gasteiger partial charge on any atom is -0.463 e. The molecule has 25 heteroatoms. The minimum atomic E-state index is -5.72. The molecule has 0 amide bonds. The Labute approximate surface area is 592 Å². The van der Waals surface area contributed by atoms with Gasteiger partial charge in [0.15, 0.2) is 18.7 Å². The molecule has 11 N–H and O–H groups in total. The Morgan fingerprint density at radius 3 is 1.19 bits per heavy atom. The largest absolute Gasteiger partial charge is 0.472 e. The molecule has 0 spiro atoms. The number of rotatable bonds is 60. The Balaban J connectivity index is 1.74. The second kappa shape index (κ2) is 55.9. The summed E-state index contributed by atoms with van der Waals surface area (Å²) in [4.78, 5) is 50.9. The summed E-state index contributed by atoms with van der Waals surface area (Å²) in [6, 6.07) is 0. The molecule has 580 valence electrons. The molecule has 2 aliphatic heterocycles. The molecule has 99 heavy (non-hydrogen) atoms. The molecular weight excluding hydrogens is 1300 g/mol. The third kappa shape index (κ3) is 38.9. The molecule has 3 aliphatic rings. The first-order valence-corrected chi connectivity index (χ1v) is 40.2. The van der Waals surface area contributed by atoms with E-state index in [0.29, 0.717) is 12.8 Å². The standard InChI is InChI=1S/C74H135O24P/c1-4-7-10-13-16-19-22-25-28-31-34-36-39-42-45-48-58(76)90-52-55(93-60(78)50-47-44-41-38-35-32-29-26-23-20-17-14-11-8-5-2)53-92-99(88,89)98-72-70(96-73-68(86)63(81)61(79)56(51-75)94-73)66(84)65(83)67(85)71(72)97-74-69(87)64(82)62(80)57(95-74)54-91-59(77)49-46-43-40-37-33-30-27-24-21-18-15-12-9-6-3/h39,42,45,48,55-57,61-75,79-87H,4-38,40-41,43-44,46-47,49-54H2,1-3H3,(H,88,89)/b42-39+,48-45+. The van der Waals surface area contributed by atoms with E-state index in [2.05, 4.69) is 20.8 Å². The molecule has 1 saturated carbocycles. The maximum atomic E-state index is 14.3. The van der Waals surface area contributed by atoms with Gasteiger partial charge in [-0.2, -0.15) is 0 Å². The normalized spacial score (nSPS) is 27.6. The first kappa shape index (κ1) is 90.7. The highest BCUT2D eigenvalue weighted by Crippen LogP contribution is 2.49. The van der Waals surface area contributed by atoms with E-state index in [1.807, 2.05) is 6.08 Å². The number of hydrogen-bond donors (Lipinski definition) is 11. The number of phosphoric acid groups is 1. The van der Waals surface area contributed by atoms with E-state index in [1.165, 1.54) is 167 Å². The van der Waals surface area contributed by atoms with Crippen LogP contribution >= 0.6 is 7.82 Å². The topological polar surface area (TPSA) is 374 Å². The molecule has 3 rings (SSSR count). The SMILES string of the molecule is CCCCCCCCCCCCC/C=C/C=C/C(=O)OCC(COP(=O)(O)OC1C(OC2OC(CO)C(O)C(O)C2O)C(O)C(O)C(O)C1OC1OC(COC(=O)CCCCCCCCCCCCCCCC)C(O)C(O)C1O)OC(=O)CCCCCCCCCCCCCCCCC. The summed E-state index contributed by atoms with van der Waals surface area (Å²) in [7, 11) is -5.72. The van der Waals surface area contributed by atoms with Gasteiger partial charge in [0, 0.05) is 18.9 Å². The summed E-state index contributed by atoms with van der Waals surface area (Å²) in [6.07, 6.45) is 17.3. The lowest BCUT2D eigenvalue weighted by molar-refractivity contribution is -0.360. The number of hydrogen-bond acceptors (Lipinski definition) is 23. The van der Waals surface area contributed by atoms with Crippen molar-refractivity contribution in [1.82, 2.24) is 0 Å². The first-order chi connectivity index (χ1) is 47.8. The lowest BCUT2D eigenvalue weighted by Gasteiger charge is -2.49. The second-order valence-electron chi connectivity index (χ2n) is 27.8. The van der Waals surface area contributed by atoms with Crippen molar-refractivity contribution in [2.24, 2.45) is 0 Å². The molecule has 2 saturated heterocycles. The van der Waals surface area contributed by atoms with Crippen molar-refractivity contribution in [2.45, 2.75) is 401 Å². The molecule has 18 unspecified atom stereocenters. The van der Waals surface area contributed by atoms with Gasteiger partial charge in [0.1, 0.15) is 98.7 Å². The molecule has 18 atom stereocenters. The molecule has 2 heterocycles. The van der Waals surface area contributed by atoms with Crippen molar-refractivity contribution in [3.63, 3.8) is 0 Å². The fraction of sp³-hybridized carbons (Fsp3) is 0.905. The van der Waals surface area contributed by atoms with E-state index in [4.69, 9.17) is 42.2 Å².